The summed E-state index contributed by atoms with van der Waals surface area (Å²) in [5.74, 6) is 0.736. The smallest absolute Gasteiger partial charge is 0.335 e. The molecule has 1 heterocycles. The van der Waals surface area contributed by atoms with Gasteiger partial charge in [0.1, 0.15) is 5.75 Å². The van der Waals surface area contributed by atoms with Crippen molar-refractivity contribution in [3.05, 3.63) is 59.2 Å². The summed E-state index contributed by atoms with van der Waals surface area (Å²) in [4.78, 5) is 11.1. The van der Waals surface area contributed by atoms with Crippen LogP contribution in [0.15, 0.2) is 52.1 Å². The van der Waals surface area contributed by atoms with E-state index in [2.05, 4.69) is 10.2 Å². The van der Waals surface area contributed by atoms with Crippen molar-refractivity contribution in [2.75, 3.05) is 7.11 Å². The molecule has 0 aliphatic rings. The Balaban J connectivity index is 1.74. The topological polar surface area (TPSA) is 85.5 Å². The van der Waals surface area contributed by atoms with E-state index in [1.807, 2.05) is 31.2 Å². The Kier molecular flexibility index (Phi) is 5.04. The van der Waals surface area contributed by atoms with E-state index in [9.17, 15) is 4.79 Å². The zero-order valence-electron chi connectivity index (χ0n) is 13.7. The summed E-state index contributed by atoms with van der Waals surface area (Å²) >= 11 is 1.37. The van der Waals surface area contributed by atoms with Crippen molar-refractivity contribution in [3.63, 3.8) is 0 Å². The van der Waals surface area contributed by atoms with Gasteiger partial charge in [0.05, 0.1) is 12.7 Å². The van der Waals surface area contributed by atoms with E-state index in [4.69, 9.17) is 14.3 Å². The lowest BCUT2D eigenvalue weighted by Crippen LogP contribution is -1.98. The Morgan fingerprint density at radius 1 is 1.24 bits per heavy atom. The molecule has 128 valence electrons. The van der Waals surface area contributed by atoms with Crippen LogP contribution >= 0.6 is 11.8 Å². The number of hydrogen-bond donors (Lipinski definition) is 1. The lowest BCUT2D eigenvalue weighted by molar-refractivity contribution is 0.0697. The number of aryl methyl sites for hydroxylation is 1. The molecule has 0 radical (unpaired) electrons. The van der Waals surface area contributed by atoms with E-state index in [0.717, 1.165) is 16.7 Å². The number of aromatic carboxylic acids is 1. The number of nitrogens with zero attached hydrogens (tertiary/aromatic N) is 2. The van der Waals surface area contributed by atoms with Crippen molar-refractivity contribution in [1.82, 2.24) is 10.2 Å². The second-order valence-corrected chi connectivity index (χ2v) is 6.27. The van der Waals surface area contributed by atoms with Gasteiger partial charge in [0.25, 0.3) is 5.22 Å². The van der Waals surface area contributed by atoms with E-state index in [1.54, 1.807) is 25.3 Å². The molecule has 0 aliphatic heterocycles. The van der Waals surface area contributed by atoms with Crippen LogP contribution in [0.3, 0.4) is 0 Å². The molecule has 1 N–H and O–H groups in total. The minimum Gasteiger partial charge on any atom is -0.497 e. The summed E-state index contributed by atoms with van der Waals surface area (Å²) in [6.07, 6.45) is 0. The summed E-state index contributed by atoms with van der Waals surface area (Å²) in [5.41, 5.74) is 2.99. The number of carboxylic acid groups (broad SMARTS) is 1. The Morgan fingerprint density at radius 2 is 2.08 bits per heavy atom. The van der Waals surface area contributed by atoms with Gasteiger partial charge in [-0.25, -0.2) is 4.79 Å². The highest BCUT2D eigenvalue weighted by Crippen LogP contribution is 2.28. The SMILES string of the molecule is COc1cccc(-c2nnc(SCc3cc(C(=O)O)ccc3C)o2)c1. The largest absolute Gasteiger partial charge is 0.497 e. The molecule has 2 aromatic carbocycles. The second kappa shape index (κ2) is 7.40. The molecular weight excluding hydrogens is 340 g/mol. The van der Waals surface area contributed by atoms with Crippen LogP contribution in [0.4, 0.5) is 0 Å². The molecular formula is C18H16N2O4S. The predicted octanol–water partition coefficient (Wildman–Crippen LogP) is 4.04. The second-order valence-electron chi connectivity index (χ2n) is 5.34. The summed E-state index contributed by atoms with van der Waals surface area (Å²) in [5, 5.41) is 17.6. The predicted molar refractivity (Wildman–Crippen MR) is 94.0 cm³/mol. The molecule has 7 heteroatoms. The molecule has 0 amide bonds. The van der Waals surface area contributed by atoms with Crippen molar-refractivity contribution in [2.24, 2.45) is 0 Å². The number of aromatic nitrogens is 2. The van der Waals surface area contributed by atoms with Gasteiger partial charge in [-0.2, -0.15) is 0 Å². The average Bonchev–Trinajstić information content (AvgIpc) is 3.10. The number of thioether (sulfide) groups is 1. The molecule has 0 bridgehead atoms. The van der Waals surface area contributed by atoms with Crippen molar-refractivity contribution in [2.45, 2.75) is 17.9 Å². The molecule has 0 unspecified atom stereocenters. The number of benzene rings is 2. The first-order valence-corrected chi connectivity index (χ1v) is 8.49. The highest BCUT2D eigenvalue weighted by atomic mass is 32.2. The fourth-order valence-electron chi connectivity index (χ4n) is 2.24. The number of ether oxygens (including phenoxy) is 1. The first-order valence-electron chi connectivity index (χ1n) is 7.50. The molecule has 0 spiro atoms. The maximum atomic E-state index is 11.1. The van der Waals surface area contributed by atoms with Crippen LogP contribution in [0.25, 0.3) is 11.5 Å². The quantitative estimate of drug-likeness (QED) is 0.667. The number of methoxy groups -OCH3 is 1. The number of hydrogen-bond acceptors (Lipinski definition) is 6. The zero-order valence-corrected chi connectivity index (χ0v) is 14.5. The standard InChI is InChI=1S/C18H16N2O4S/c1-11-6-7-13(17(21)22)8-14(11)10-25-18-20-19-16(24-18)12-4-3-5-15(9-12)23-2/h3-9H,10H2,1-2H3,(H,21,22). The van der Waals surface area contributed by atoms with Gasteiger partial charge < -0.3 is 14.3 Å². The number of carbonyl (C=O) groups is 1. The van der Waals surface area contributed by atoms with Gasteiger partial charge in [0, 0.05) is 11.3 Å². The Hall–Kier alpha value is -2.80. The molecule has 3 rings (SSSR count). The Bertz CT molecular complexity index is 908. The Labute approximate surface area is 148 Å². The highest BCUT2D eigenvalue weighted by molar-refractivity contribution is 7.98. The summed E-state index contributed by atoms with van der Waals surface area (Å²) in [6.45, 7) is 1.94. The molecule has 0 aliphatic carbocycles. The van der Waals surface area contributed by atoms with Crippen molar-refractivity contribution < 1.29 is 19.1 Å². The van der Waals surface area contributed by atoms with E-state index in [-0.39, 0.29) is 5.56 Å². The monoisotopic (exact) mass is 356 g/mol. The van der Waals surface area contributed by atoms with Crippen LogP contribution in [-0.2, 0) is 5.75 Å². The van der Waals surface area contributed by atoms with E-state index in [1.165, 1.54) is 11.8 Å². The first-order chi connectivity index (χ1) is 12.1. The number of carboxylic acids is 1. The van der Waals surface area contributed by atoms with Crippen LogP contribution in [0, 0.1) is 6.92 Å². The summed E-state index contributed by atoms with van der Waals surface area (Å²) < 4.78 is 10.9. The van der Waals surface area contributed by atoms with Crippen LogP contribution in [0.1, 0.15) is 21.5 Å². The molecule has 6 nitrogen and oxygen atoms in total. The summed E-state index contributed by atoms with van der Waals surface area (Å²) in [7, 11) is 1.60. The van der Waals surface area contributed by atoms with Crippen LogP contribution in [-0.4, -0.2) is 28.4 Å². The maximum absolute atomic E-state index is 11.1. The molecule has 0 fully saturated rings. The fraction of sp³-hybridized carbons (Fsp3) is 0.167. The van der Waals surface area contributed by atoms with E-state index >= 15 is 0 Å². The van der Waals surface area contributed by atoms with Gasteiger partial charge in [0.15, 0.2) is 0 Å². The van der Waals surface area contributed by atoms with Gasteiger partial charge in [-0.15, -0.1) is 10.2 Å². The van der Waals surface area contributed by atoms with Crippen molar-refractivity contribution in [3.8, 4) is 17.2 Å². The van der Waals surface area contributed by atoms with Crippen molar-refractivity contribution >= 4 is 17.7 Å². The van der Waals surface area contributed by atoms with Gasteiger partial charge in [-0.05, 0) is 48.4 Å². The third-order valence-electron chi connectivity index (χ3n) is 3.67. The summed E-state index contributed by atoms with van der Waals surface area (Å²) in [6, 6.07) is 12.4. The Morgan fingerprint density at radius 3 is 2.84 bits per heavy atom. The van der Waals surface area contributed by atoms with Crippen molar-refractivity contribution in [1.29, 1.82) is 0 Å². The van der Waals surface area contributed by atoms with E-state index in [0.29, 0.717) is 22.6 Å². The molecule has 0 atom stereocenters. The van der Waals surface area contributed by atoms with Crippen LogP contribution < -0.4 is 4.74 Å². The molecule has 25 heavy (non-hydrogen) atoms. The normalized spacial score (nSPS) is 10.6. The molecule has 0 saturated carbocycles. The van der Waals surface area contributed by atoms with Crippen LogP contribution in [0.2, 0.25) is 0 Å². The third kappa shape index (κ3) is 4.00. The van der Waals surface area contributed by atoms with Gasteiger partial charge >= 0.3 is 5.97 Å². The van der Waals surface area contributed by atoms with Gasteiger partial charge in [-0.3, -0.25) is 0 Å². The highest BCUT2D eigenvalue weighted by Gasteiger charge is 2.12. The van der Waals surface area contributed by atoms with E-state index < -0.39 is 5.97 Å². The minimum absolute atomic E-state index is 0.267. The maximum Gasteiger partial charge on any atom is 0.335 e. The lowest BCUT2D eigenvalue weighted by Gasteiger charge is -2.05. The third-order valence-corrected chi connectivity index (χ3v) is 4.54. The lowest BCUT2D eigenvalue weighted by atomic mass is 10.1. The van der Waals surface area contributed by atoms with Crippen LogP contribution in [0.5, 0.6) is 5.75 Å². The minimum atomic E-state index is -0.940. The fourth-order valence-corrected chi connectivity index (χ4v) is 3.07. The molecule has 1 aromatic heterocycles. The first kappa shape index (κ1) is 17.0. The zero-order chi connectivity index (χ0) is 17.8. The average molecular weight is 356 g/mol. The van der Waals surface area contributed by atoms with Gasteiger partial charge in [0.2, 0.25) is 5.89 Å². The van der Waals surface area contributed by atoms with Gasteiger partial charge in [-0.1, -0.05) is 23.9 Å². The number of rotatable bonds is 6. The molecule has 0 saturated heterocycles. The molecule has 3 aromatic rings.